The van der Waals surface area contributed by atoms with E-state index in [1.807, 2.05) is 81.8 Å². The first-order chi connectivity index (χ1) is 31.7. The second kappa shape index (κ2) is 27.7. The maximum atomic E-state index is 14.4. The molecule has 1 aliphatic heterocycles. The van der Waals surface area contributed by atoms with E-state index in [2.05, 4.69) is 29.8 Å². The number of halogens is 3. The summed E-state index contributed by atoms with van der Waals surface area (Å²) in [4.78, 5) is 67.9. The minimum absolute atomic E-state index is 0.0217. The number of amides is 4. The first-order valence-corrected chi connectivity index (χ1v) is 24.5. The Morgan fingerprint density at radius 1 is 0.882 bits per heavy atom. The van der Waals surface area contributed by atoms with Crippen LogP contribution in [0.5, 0.6) is 0 Å². The van der Waals surface area contributed by atoms with Crippen molar-refractivity contribution in [2.24, 2.45) is 23.7 Å². The van der Waals surface area contributed by atoms with Gasteiger partial charge in [-0.1, -0.05) is 97.4 Å². The van der Waals surface area contributed by atoms with Crippen molar-refractivity contribution >= 4 is 39.7 Å². The Kier molecular flexibility index (Phi) is 24.3. The van der Waals surface area contributed by atoms with Crippen molar-refractivity contribution in [1.29, 1.82) is 0 Å². The van der Waals surface area contributed by atoms with Crippen molar-refractivity contribution in [3.63, 3.8) is 0 Å². The monoisotopic (exact) mass is 986 g/mol. The standard InChI is InChI=1S/C46H73N5O9S.C2HF3O2/c1-12-31(6)42(50(9)41(30(4)5)46(55)49-45(54)40(47-8)29(2)3)38(59-10)28-39(52)51-26-16-19-37(51)43(60-11)32(7)44(53)48-35(27-34-17-14-13-15-18-34)23-20-33-21-24-36(25-22-33)61(56,57)58;3-2(4,5)1(6)7/h13-15,17-18,21-22,24-25,29-32,35,37-38,40-43,47H,12,16,19-20,23,26-28H2,1-11H3,(H,48,53)(H,49,54,55)(H,56,57,58);(H,6,7)/t31-,32+,35+,37-,38+,40-,41-,42-,43+;/m0./s1. The molecule has 0 bridgehead atoms. The van der Waals surface area contributed by atoms with Crippen LogP contribution in [0.1, 0.15) is 91.7 Å². The number of carboxylic acids is 1. The predicted octanol–water partition coefficient (Wildman–Crippen LogP) is 5.53. The second-order valence-corrected chi connectivity index (χ2v) is 19.6. The van der Waals surface area contributed by atoms with Crippen molar-refractivity contribution in [3.05, 3.63) is 65.7 Å². The normalized spacial score (nSPS) is 17.9. The number of methoxy groups -OCH3 is 2. The maximum absolute atomic E-state index is 14.4. The van der Waals surface area contributed by atoms with E-state index in [9.17, 15) is 45.3 Å². The van der Waals surface area contributed by atoms with Gasteiger partial charge in [-0.05, 0) is 87.2 Å². The van der Waals surface area contributed by atoms with Crippen molar-refractivity contribution in [3.8, 4) is 0 Å². The van der Waals surface area contributed by atoms with Crippen LogP contribution in [0.2, 0.25) is 0 Å². The Morgan fingerprint density at radius 3 is 1.94 bits per heavy atom. The fourth-order valence-corrected chi connectivity index (χ4v) is 9.48. The number of hydrogen-bond donors (Lipinski definition) is 5. The zero-order chi connectivity index (χ0) is 51.7. The zero-order valence-electron chi connectivity index (χ0n) is 41.2. The summed E-state index contributed by atoms with van der Waals surface area (Å²) < 4.78 is 76.4. The van der Waals surface area contributed by atoms with Gasteiger partial charge < -0.3 is 30.1 Å². The number of benzene rings is 2. The van der Waals surface area contributed by atoms with E-state index in [1.54, 1.807) is 33.4 Å². The lowest BCUT2D eigenvalue weighted by molar-refractivity contribution is -0.192. The lowest BCUT2D eigenvalue weighted by Crippen LogP contribution is -2.60. The molecule has 0 unspecified atom stereocenters. The molecule has 1 fully saturated rings. The highest BCUT2D eigenvalue weighted by Gasteiger charge is 2.44. The van der Waals surface area contributed by atoms with Crippen LogP contribution in [0.25, 0.3) is 0 Å². The zero-order valence-corrected chi connectivity index (χ0v) is 42.0. The number of carbonyl (C=O) groups is 5. The Labute approximate surface area is 400 Å². The van der Waals surface area contributed by atoms with Crippen molar-refractivity contribution in [2.75, 3.05) is 34.9 Å². The number of imide groups is 1. The molecule has 0 spiro atoms. The van der Waals surface area contributed by atoms with Gasteiger partial charge in [0, 0.05) is 32.8 Å². The number of rotatable bonds is 24. The third-order valence-corrected chi connectivity index (χ3v) is 13.6. The van der Waals surface area contributed by atoms with Gasteiger partial charge in [0.15, 0.2) is 0 Å². The van der Waals surface area contributed by atoms with E-state index >= 15 is 0 Å². The van der Waals surface area contributed by atoms with Gasteiger partial charge in [0.2, 0.25) is 23.6 Å². The number of likely N-dealkylation sites (tertiary alicyclic amines) is 1. The fraction of sp³-hybridized carbons (Fsp3) is 0.646. The van der Waals surface area contributed by atoms with E-state index in [0.29, 0.717) is 32.2 Å². The van der Waals surface area contributed by atoms with Gasteiger partial charge >= 0.3 is 12.1 Å². The highest BCUT2D eigenvalue weighted by molar-refractivity contribution is 7.85. The minimum Gasteiger partial charge on any atom is -0.475 e. The molecule has 68 heavy (non-hydrogen) atoms. The molecule has 3 rings (SSSR count). The Hall–Kier alpha value is -4.47. The molecule has 384 valence electrons. The van der Waals surface area contributed by atoms with Gasteiger partial charge in [-0.15, -0.1) is 0 Å². The summed E-state index contributed by atoms with van der Waals surface area (Å²) in [6.45, 7) is 14.2. The van der Waals surface area contributed by atoms with E-state index in [0.717, 1.165) is 24.0 Å². The molecule has 0 radical (unpaired) electrons. The summed E-state index contributed by atoms with van der Waals surface area (Å²) in [5.74, 6) is -4.62. The molecule has 0 saturated carbocycles. The van der Waals surface area contributed by atoms with Gasteiger partial charge in [0.25, 0.3) is 10.1 Å². The first kappa shape index (κ1) is 59.7. The predicted molar refractivity (Wildman–Crippen MR) is 251 cm³/mol. The highest BCUT2D eigenvalue weighted by Crippen LogP contribution is 2.31. The summed E-state index contributed by atoms with van der Waals surface area (Å²) in [5.41, 5.74) is 1.91. The smallest absolute Gasteiger partial charge is 0.475 e. The summed E-state index contributed by atoms with van der Waals surface area (Å²) >= 11 is 0. The average Bonchev–Trinajstić information content (AvgIpc) is 3.75. The molecular weight excluding hydrogens is 912 g/mol. The lowest BCUT2D eigenvalue weighted by Gasteiger charge is -2.43. The number of carbonyl (C=O) groups excluding carboxylic acids is 4. The van der Waals surface area contributed by atoms with Gasteiger partial charge in [-0.3, -0.25) is 33.9 Å². The molecule has 2 aromatic carbocycles. The van der Waals surface area contributed by atoms with Crippen molar-refractivity contribution in [2.45, 2.75) is 147 Å². The number of aliphatic carboxylic acids is 1. The molecule has 1 aliphatic rings. The molecule has 1 heterocycles. The molecular formula is C48H74F3N5O11S. The molecule has 1 saturated heterocycles. The van der Waals surface area contributed by atoms with Crippen LogP contribution in [0, 0.1) is 23.7 Å². The number of carboxylic acid groups (broad SMARTS) is 1. The number of aryl methyl sites for hydroxylation is 1. The second-order valence-electron chi connectivity index (χ2n) is 18.2. The quantitative estimate of drug-likeness (QED) is 0.0818. The van der Waals surface area contributed by atoms with E-state index in [1.165, 1.54) is 12.1 Å². The van der Waals surface area contributed by atoms with Gasteiger partial charge in [-0.2, -0.15) is 21.6 Å². The summed E-state index contributed by atoms with van der Waals surface area (Å²) in [6.07, 6.45) is -2.34. The van der Waals surface area contributed by atoms with E-state index in [4.69, 9.17) is 19.4 Å². The number of hydrogen-bond acceptors (Lipinski definition) is 11. The third-order valence-electron chi connectivity index (χ3n) is 12.7. The first-order valence-electron chi connectivity index (χ1n) is 23.0. The van der Waals surface area contributed by atoms with Crippen LogP contribution in [0.15, 0.2) is 59.5 Å². The van der Waals surface area contributed by atoms with E-state index in [-0.39, 0.29) is 64.9 Å². The molecule has 2 aromatic rings. The SMILES string of the molecule is CC[C@H](C)[C@@H]([C@@H](CC(=O)N1CCC[C@H]1[C@H](OC)[C@@H](C)C(=O)N[C@H](CCc1ccc(S(=O)(=O)O)cc1)Cc1ccccc1)OC)N(C)[C@H](C(=O)NC(=O)[C@@H](NC)C(C)C)C(C)C.O=C(O)C(F)(F)F. The minimum atomic E-state index is -5.08. The summed E-state index contributed by atoms with van der Waals surface area (Å²) in [5, 5.41) is 16.0. The van der Waals surface area contributed by atoms with Crippen LogP contribution in [-0.4, -0.2) is 141 Å². The van der Waals surface area contributed by atoms with Crippen LogP contribution in [0.4, 0.5) is 13.2 Å². The highest BCUT2D eigenvalue weighted by atomic mass is 32.2. The molecule has 9 atom stereocenters. The number of nitrogens with one attached hydrogen (secondary N) is 3. The summed E-state index contributed by atoms with van der Waals surface area (Å²) in [6, 6.07) is 13.7. The van der Waals surface area contributed by atoms with E-state index < -0.39 is 58.4 Å². The van der Waals surface area contributed by atoms with Gasteiger partial charge in [0.1, 0.15) is 0 Å². The molecule has 16 nitrogen and oxygen atoms in total. The van der Waals surface area contributed by atoms with Crippen LogP contribution < -0.4 is 16.0 Å². The largest absolute Gasteiger partial charge is 0.490 e. The topological polar surface area (TPSA) is 221 Å². The Bertz CT molecular complexity index is 2030. The average molecular weight is 986 g/mol. The maximum Gasteiger partial charge on any atom is 0.490 e. The molecule has 0 aliphatic carbocycles. The van der Waals surface area contributed by atoms with Crippen LogP contribution in [0.3, 0.4) is 0 Å². The fourth-order valence-electron chi connectivity index (χ4n) is 9.00. The lowest BCUT2D eigenvalue weighted by atomic mass is 9.87. The van der Waals surface area contributed by atoms with Gasteiger partial charge in [-0.25, -0.2) is 4.79 Å². The number of alkyl halides is 3. The van der Waals surface area contributed by atoms with Crippen LogP contribution >= 0.6 is 0 Å². The molecule has 0 aromatic heterocycles. The van der Waals surface area contributed by atoms with Crippen molar-refractivity contribution in [1.82, 2.24) is 25.8 Å². The Morgan fingerprint density at radius 2 is 1.47 bits per heavy atom. The van der Waals surface area contributed by atoms with Crippen molar-refractivity contribution < 1.29 is 64.7 Å². The third kappa shape index (κ3) is 17.8. The number of likely N-dealkylation sites (N-methyl/N-ethyl adjacent to an activating group) is 2. The number of nitrogens with zero attached hydrogens (tertiary/aromatic N) is 2. The molecule has 5 N–H and O–H groups in total. The van der Waals surface area contributed by atoms with Crippen LogP contribution in [-0.2, 0) is 56.4 Å². The summed E-state index contributed by atoms with van der Waals surface area (Å²) in [7, 11) is 2.41. The Balaban J connectivity index is 0.00000209. The molecule has 4 amide bonds. The number of ether oxygens (including phenoxy) is 2. The van der Waals surface area contributed by atoms with Gasteiger partial charge in [0.05, 0.1) is 47.6 Å². The molecule has 20 heteroatoms.